The minimum Gasteiger partial charge on any atom is -0.339 e. The topological polar surface area (TPSA) is 82.0 Å². The van der Waals surface area contributed by atoms with Gasteiger partial charge in [0.05, 0.1) is 6.04 Å². The van der Waals surface area contributed by atoms with E-state index in [1.165, 1.54) is 6.92 Å². The Kier molecular flexibility index (Phi) is 3.13. The molecule has 72 valence electrons. The van der Waals surface area contributed by atoms with Crippen molar-refractivity contribution in [1.29, 1.82) is 0 Å². The van der Waals surface area contributed by atoms with Crippen LogP contribution < -0.4 is 5.73 Å². The van der Waals surface area contributed by atoms with Crippen molar-refractivity contribution in [1.82, 2.24) is 10.1 Å². The molecule has 0 saturated carbocycles. The van der Waals surface area contributed by atoms with Crippen molar-refractivity contribution < 1.29 is 9.32 Å². The molecule has 0 bridgehead atoms. The van der Waals surface area contributed by atoms with E-state index in [-0.39, 0.29) is 5.78 Å². The third-order valence-corrected chi connectivity index (χ3v) is 1.76. The van der Waals surface area contributed by atoms with Crippen molar-refractivity contribution in [3.05, 3.63) is 11.7 Å². The molecular weight excluding hydrogens is 170 g/mol. The average molecular weight is 183 g/mol. The molecule has 0 aliphatic carbocycles. The van der Waals surface area contributed by atoms with Crippen LogP contribution in [0.4, 0.5) is 0 Å². The number of nitrogens with two attached hydrogens (primary N) is 1. The van der Waals surface area contributed by atoms with Crippen LogP contribution >= 0.6 is 0 Å². The lowest BCUT2D eigenvalue weighted by Gasteiger charge is -2.03. The van der Waals surface area contributed by atoms with Gasteiger partial charge in [0, 0.05) is 6.42 Å². The molecule has 13 heavy (non-hydrogen) atoms. The number of carbonyl (C=O) groups is 1. The molecule has 5 nitrogen and oxygen atoms in total. The molecule has 0 radical (unpaired) electrons. The van der Waals surface area contributed by atoms with Crippen LogP contribution in [0.15, 0.2) is 4.52 Å². The second-order valence-electron chi connectivity index (χ2n) is 2.99. The highest BCUT2D eigenvalue weighted by molar-refractivity contribution is 5.81. The van der Waals surface area contributed by atoms with Crippen LogP contribution in [-0.4, -0.2) is 22.0 Å². The average Bonchev–Trinajstić information content (AvgIpc) is 2.47. The van der Waals surface area contributed by atoms with Crippen LogP contribution in [0.2, 0.25) is 0 Å². The summed E-state index contributed by atoms with van der Waals surface area (Å²) in [4.78, 5) is 14.8. The minimum atomic E-state index is -0.424. The predicted molar refractivity (Wildman–Crippen MR) is 46.0 cm³/mol. The van der Waals surface area contributed by atoms with Gasteiger partial charge in [0.2, 0.25) is 5.89 Å². The summed E-state index contributed by atoms with van der Waals surface area (Å²) in [5, 5.41) is 3.63. The van der Waals surface area contributed by atoms with E-state index < -0.39 is 6.04 Å². The fourth-order valence-electron chi connectivity index (χ4n) is 0.924. The number of ketones is 1. The Hall–Kier alpha value is -1.23. The van der Waals surface area contributed by atoms with E-state index in [1.807, 2.05) is 0 Å². The lowest BCUT2D eigenvalue weighted by molar-refractivity contribution is -0.118. The minimum absolute atomic E-state index is 0.0174. The third kappa shape index (κ3) is 2.95. The zero-order valence-corrected chi connectivity index (χ0v) is 7.78. The SMILES string of the molecule is CC(=O)C(N)CCc1nc(C)no1. The van der Waals surface area contributed by atoms with Crippen molar-refractivity contribution in [3.8, 4) is 0 Å². The maximum Gasteiger partial charge on any atom is 0.226 e. The Morgan fingerprint density at radius 3 is 2.85 bits per heavy atom. The largest absolute Gasteiger partial charge is 0.339 e. The molecule has 0 fully saturated rings. The van der Waals surface area contributed by atoms with Crippen molar-refractivity contribution in [2.24, 2.45) is 5.73 Å². The zero-order chi connectivity index (χ0) is 9.84. The van der Waals surface area contributed by atoms with Crippen molar-refractivity contribution >= 4 is 5.78 Å². The van der Waals surface area contributed by atoms with Crippen LogP contribution in [0.5, 0.6) is 0 Å². The van der Waals surface area contributed by atoms with E-state index in [0.29, 0.717) is 24.6 Å². The lowest BCUT2D eigenvalue weighted by Crippen LogP contribution is -2.28. The molecule has 0 amide bonds. The van der Waals surface area contributed by atoms with Crippen LogP contribution in [0.1, 0.15) is 25.1 Å². The maximum absolute atomic E-state index is 10.8. The van der Waals surface area contributed by atoms with Gasteiger partial charge in [0.25, 0.3) is 0 Å². The summed E-state index contributed by atoms with van der Waals surface area (Å²) < 4.78 is 4.87. The number of aryl methyl sites for hydroxylation is 2. The molecule has 1 aromatic heterocycles. The summed E-state index contributed by atoms with van der Waals surface area (Å²) in [6.07, 6.45) is 1.11. The molecule has 5 heteroatoms. The predicted octanol–water partition coefficient (Wildman–Crippen LogP) is 0.227. The summed E-state index contributed by atoms with van der Waals surface area (Å²) in [6.45, 7) is 3.22. The summed E-state index contributed by atoms with van der Waals surface area (Å²) >= 11 is 0. The van der Waals surface area contributed by atoms with Gasteiger partial charge in [-0.2, -0.15) is 4.98 Å². The molecule has 1 aromatic rings. The number of carbonyl (C=O) groups excluding carboxylic acids is 1. The maximum atomic E-state index is 10.8. The molecule has 1 heterocycles. The first kappa shape index (κ1) is 9.85. The highest BCUT2D eigenvalue weighted by Crippen LogP contribution is 2.02. The highest BCUT2D eigenvalue weighted by Gasteiger charge is 2.10. The van der Waals surface area contributed by atoms with E-state index in [4.69, 9.17) is 10.3 Å². The van der Waals surface area contributed by atoms with Gasteiger partial charge < -0.3 is 10.3 Å². The van der Waals surface area contributed by atoms with E-state index in [9.17, 15) is 4.79 Å². The van der Waals surface area contributed by atoms with Gasteiger partial charge >= 0.3 is 0 Å². The molecule has 2 N–H and O–H groups in total. The fraction of sp³-hybridized carbons (Fsp3) is 0.625. The second-order valence-corrected chi connectivity index (χ2v) is 2.99. The lowest BCUT2D eigenvalue weighted by atomic mass is 10.1. The fourth-order valence-corrected chi connectivity index (χ4v) is 0.924. The number of aromatic nitrogens is 2. The molecule has 1 unspecified atom stereocenters. The molecule has 0 aromatic carbocycles. The number of hydrogen-bond acceptors (Lipinski definition) is 5. The molecule has 0 spiro atoms. The molecule has 0 aliphatic rings. The van der Waals surface area contributed by atoms with Gasteiger partial charge in [0.1, 0.15) is 5.78 Å². The van der Waals surface area contributed by atoms with Crippen LogP contribution in [0.3, 0.4) is 0 Å². The smallest absolute Gasteiger partial charge is 0.226 e. The van der Waals surface area contributed by atoms with Crippen LogP contribution in [0.25, 0.3) is 0 Å². The van der Waals surface area contributed by atoms with E-state index in [1.54, 1.807) is 6.92 Å². The number of Topliss-reactive ketones (excluding diaryl/α,β-unsaturated/α-hetero) is 1. The number of rotatable bonds is 4. The van der Waals surface area contributed by atoms with Crippen molar-refractivity contribution in [2.45, 2.75) is 32.7 Å². The zero-order valence-electron chi connectivity index (χ0n) is 7.78. The van der Waals surface area contributed by atoms with E-state index in [0.717, 1.165) is 0 Å². The van der Waals surface area contributed by atoms with E-state index >= 15 is 0 Å². The van der Waals surface area contributed by atoms with Crippen LogP contribution in [-0.2, 0) is 11.2 Å². The van der Waals surface area contributed by atoms with Gasteiger partial charge in [-0.15, -0.1) is 0 Å². The summed E-state index contributed by atoms with van der Waals surface area (Å²) in [6, 6.07) is -0.424. The molecular formula is C8H13N3O2. The first-order valence-corrected chi connectivity index (χ1v) is 4.15. The third-order valence-electron chi connectivity index (χ3n) is 1.76. The van der Waals surface area contributed by atoms with Gasteiger partial charge in [0.15, 0.2) is 5.82 Å². The normalized spacial score (nSPS) is 12.8. The summed E-state index contributed by atoms with van der Waals surface area (Å²) in [5.74, 6) is 1.12. The molecule has 1 rings (SSSR count). The standard InChI is InChI=1S/C8H13N3O2/c1-5(12)7(9)3-4-8-10-6(2)11-13-8/h7H,3-4,9H2,1-2H3. The Balaban J connectivity index is 2.39. The second kappa shape index (κ2) is 4.13. The Morgan fingerprint density at radius 2 is 2.38 bits per heavy atom. The van der Waals surface area contributed by atoms with Gasteiger partial charge in [-0.25, -0.2) is 0 Å². The van der Waals surface area contributed by atoms with Gasteiger partial charge in [-0.05, 0) is 20.3 Å². The number of nitrogens with zero attached hydrogens (tertiary/aromatic N) is 2. The van der Waals surface area contributed by atoms with Gasteiger partial charge in [-0.3, -0.25) is 4.79 Å². The first-order valence-electron chi connectivity index (χ1n) is 4.15. The van der Waals surface area contributed by atoms with Crippen molar-refractivity contribution in [2.75, 3.05) is 0 Å². The van der Waals surface area contributed by atoms with Crippen LogP contribution in [0, 0.1) is 6.92 Å². The monoisotopic (exact) mass is 183 g/mol. The van der Waals surface area contributed by atoms with Gasteiger partial charge in [-0.1, -0.05) is 5.16 Å². The molecule has 1 atom stereocenters. The Bertz CT molecular complexity index is 295. The quantitative estimate of drug-likeness (QED) is 0.722. The first-order chi connectivity index (χ1) is 6.09. The summed E-state index contributed by atoms with van der Waals surface area (Å²) in [7, 11) is 0. The number of hydrogen-bond donors (Lipinski definition) is 1. The van der Waals surface area contributed by atoms with E-state index in [2.05, 4.69) is 10.1 Å². The molecule has 0 aliphatic heterocycles. The highest BCUT2D eigenvalue weighted by atomic mass is 16.5. The molecule has 0 saturated heterocycles. The Labute approximate surface area is 76.3 Å². The van der Waals surface area contributed by atoms with Crippen molar-refractivity contribution in [3.63, 3.8) is 0 Å². The Morgan fingerprint density at radius 1 is 1.69 bits per heavy atom. The summed E-state index contributed by atoms with van der Waals surface area (Å²) in [5.41, 5.74) is 5.53.